The number of likely N-dealkylation sites (N-methyl/N-ethyl adjacent to an activating group) is 1. The average molecular weight is 266 g/mol. The van der Waals surface area contributed by atoms with E-state index in [1.165, 1.54) is 38.1 Å². The van der Waals surface area contributed by atoms with Crippen molar-refractivity contribution >= 4 is 0 Å². The summed E-state index contributed by atoms with van der Waals surface area (Å²) in [6.07, 6.45) is 9.83. The van der Waals surface area contributed by atoms with Crippen molar-refractivity contribution in [2.75, 3.05) is 26.7 Å². The van der Waals surface area contributed by atoms with Crippen molar-refractivity contribution < 1.29 is 4.74 Å². The van der Waals surface area contributed by atoms with Crippen LogP contribution in [-0.4, -0.2) is 43.2 Å². The summed E-state index contributed by atoms with van der Waals surface area (Å²) in [5.74, 6) is 1.17. The predicted molar refractivity (Wildman–Crippen MR) is 80.2 cm³/mol. The minimum absolute atomic E-state index is 0.165. The number of piperidine rings is 1. The van der Waals surface area contributed by atoms with Crippen LogP contribution in [0.5, 0.6) is 0 Å². The number of allylic oxidation sites excluding steroid dienone is 1. The molecule has 1 N–H and O–H groups in total. The first-order valence-corrected chi connectivity index (χ1v) is 7.97. The molecule has 0 saturated carbocycles. The van der Waals surface area contributed by atoms with Gasteiger partial charge in [-0.3, -0.25) is 4.90 Å². The smallest absolute Gasteiger partial charge is 0.111 e. The molecule has 110 valence electrons. The molecule has 2 unspecified atom stereocenters. The fourth-order valence-corrected chi connectivity index (χ4v) is 3.55. The van der Waals surface area contributed by atoms with Crippen molar-refractivity contribution in [3.05, 3.63) is 11.8 Å². The highest BCUT2D eigenvalue weighted by Crippen LogP contribution is 2.32. The van der Waals surface area contributed by atoms with E-state index in [-0.39, 0.29) is 5.54 Å². The highest BCUT2D eigenvalue weighted by atomic mass is 16.5. The number of hydrogen-bond acceptors (Lipinski definition) is 3. The van der Waals surface area contributed by atoms with Gasteiger partial charge in [0.05, 0.1) is 12.6 Å². The van der Waals surface area contributed by atoms with Gasteiger partial charge in [0.1, 0.15) is 5.76 Å². The molecule has 0 bridgehead atoms. The quantitative estimate of drug-likeness (QED) is 0.828. The minimum Gasteiger partial charge on any atom is -0.497 e. The predicted octanol–water partition coefficient (Wildman–Crippen LogP) is 2.92. The maximum absolute atomic E-state index is 5.94. The summed E-state index contributed by atoms with van der Waals surface area (Å²) >= 11 is 0. The molecule has 19 heavy (non-hydrogen) atoms. The Morgan fingerprint density at radius 3 is 2.58 bits per heavy atom. The van der Waals surface area contributed by atoms with E-state index in [0.717, 1.165) is 25.9 Å². The van der Waals surface area contributed by atoms with Gasteiger partial charge in [-0.1, -0.05) is 13.3 Å². The summed E-state index contributed by atoms with van der Waals surface area (Å²) in [7, 11) is 2.07. The summed E-state index contributed by atoms with van der Waals surface area (Å²) in [6, 6.07) is 0.316. The van der Waals surface area contributed by atoms with Gasteiger partial charge in [0.15, 0.2) is 0 Å². The molecule has 0 aromatic heterocycles. The molecule has 2 aliphatic heterocycles. The molecule has 3 nitrogen and oxygen atoms in total. The van der Waals surface area contributed by atoms with Gasteiger partial charge in [-0.05, 0) is 65.2 Å². The lowest BCUT2D eigenvalue weighted by molar-refractivity contribution is 0.0309. The topological polar surface area (TPSA) is 24.5 Å². The molecule has 2 rings (SSSR count). The Hall–Kier alpha value is -0.540. The van der Waals surface area contributed by atoms with Crippen LogP contribution in [0.4, 0.5) is 0 Å². The molecule has 1 saturated heterocycles. The fraction of sp³-hybridized carbons (Fsp3) is 0.875. The van der Waals surface area contributed by atoms with Crippen LogP contribution in [0.2, 0.25) is 0 Å². The summed E-state index contributed by atoms with van der Waals surface area (Å²) in [4.78, 5) is 2.68. The van der Waals surface area contributed by atoms with Gasteiger partial charge in [-0.15, -0.1) is 0 Å². The van der Waals surface area contributed by atoms with Gasteiger partial charge in [0.25, 0.3) is 0 Å². The Morgan fingerprint density at radius 2 is 2.05 bits per heavy atom. The third-order valence-corrected chi connectivity index (χ3v) is 4.95. The molecule has 0 amide bonds. The van der Waals surface area contributed by atoms with E-state index in [0.29, 0.717) is 6.04 Å². The molecule has 0 spiro atoms. The second-order valence-electron chi connectivity index (χ2n) is 6.08. The lowest BCUT2D eigenvalue weighted by Crippen LogP contribution is -2.60. The Balaban J connectivity index is 2.18. The number of rotatable bonds is 5. The standard InChI is InChI=1S/C16H30N2O/c1-4-16(2,18-11-7-5-8-12-18)15(17-3)14-10-6-9-13-19-14/h10,15,17H,4-9,11-13H2,1-3H3. The number of likely N-dealkylation sites (tertiary alicyclic amines) is 1. The first-order valence-electron chi connectivity index (χ1n) is 7.97. The third kappa shape index (κ3) is 3.14. The summed E-state index contributed by atoms with van der Waals surface area (Å²) in [6.45, 7) is 8.05. The van der Waals surface area contributed by atoms with Gasteiger partial charge >= 0.3 is 0 Å². The van der Waals surface area contributed by atoms with Gasteiger partial charge in [0, 0.05) is 5.54 Å². The van der Waals surface area contributed by atoms with Gasteiger partial charge in [-0.25, -0.2) is 0 Å². The third-order valence-electron chi connectivity index (χ3n) is 4.95. The Kier molecular flexibility index (Phi) is 5.28. The second-order valence-corrected chi connectivity index (χ2v) is 6.08. The van der Waals surface area contributed by atoms with Crippen LogP contribution in [0.15, 0.2) is 11.8 Å². The zero-order valence-corrected chi connectivity index (χ0v) is 12.9. The number of nitrogens with one attached hydrogen (secondary N) is 1. The highest BCUT2D eigenvalue weighted by molar-refractivity contribution is 5.15. The molecule has 3 heteroatoms. The van der Waals surface area contributed by atoms with Gasteiger partial charge < -0.3 is 10.1 Å². The normalized spacial score (nSPS) is 26.2. The van der Waals surface area contributed by atoms with E-state index in [9.17, 15) is 0 Å². The second kappa shape index (κ2) is 6.76. The molecule has 1 fully saturated rings. The highest BCUT2D eigenvalue weighted by Gasteiger charge is 2.40. The Morgan fingerprint density at radius 1 is 1.32 bits per heavy atom. The number of nitrogens with zero attached hydrogens (tertiary/aromatic N) is 1. The van der Waals surface area contributed by atoms with Crippen molar-refractivity contribution in [2.45, 2.75) is 64.0 Å². The minimum atomic E-state index is 0.165. The Bertz CT molecular complexity index is 310. The van der Waals surface area contributed by atoms with E-state index in [4.69, 9.17) is 4.74 Å². The zero-order valence-electron chi connectivity index (χ0n) is 12.9. The first kappa shape index (κ1) is 14.9. The monoisotopic (exact) mass is 266 g/mol. The van der Waals surface area contributed by atoms with Crippen molar-refractivity contribution in [2.24, 2.45) is 0 Å². The van der Waals surface area contributed by atoms with E-state index < -0.39 is 0 Å². The Labute approximate surface area is 118 Å². The zero-order chi connectivity index (χ0) is 13.7. The van der Waals surface area contributed by atoms with Gasteiger partial charge in [-0.2, -0.15) is 0 Å². The number of ether oxygens (including phenoxy) is 1. The first-order chi connectivity index (χ1) is 9.22. The SMILES string of the molecule is CCC(C)(C(NC)C1=CCCCO1)N1CCCCC1. The lowest BCUT2D eigenvalue weighted by Gasteiger charge is -2.48. The number of hydrogen-bond donors (Lipinski definition) is 1. The van der Waals surface area contributed by atoms with Crippen LogP contribution in [0, 0.1) is 0 Å². The maximum Gasteiger partial charge on any atom is 0.111 e. The van der Waals surface area contributed by atoms with E-state index in [2.05, 4.69) is 37.2 Å². The molecule has 0 radical (unpaired) electrons. The molecule has 0 aromatic carbocycles. The van der Waals surface area contributed by atoms with Crippen molar-refractivity contribution in [1.82, 2.24) is 10.2 Å². The van der Waals surface area contributed by atoms with Gasteiger partial charge in [0.2, 0.25) is 0 Å². The summed E-state index contributed by atoms with van der Waals surface area (Å²) < 4.78 is 5.94. The van der Waals surface area contributed by atoms with Crippen molar-refractivity contribution in [3.63, 3.8) is 0 Å². The van der Waals surface area contributed by atoms with Crippen LogP contribution < -0.4 is 5.32 Å². The van der Waals surface area contributed by atoms with Crippen LogP contribution in [0.3, 0.4) is 0 Å². The van der Waals surface area contributed by atoms with E-state index in [1.807, 2.05) is 0 Å². The van der Waals surface area contributed by atoms with Crippen LogP contribution in [-0.2, 0) is 4.74 Å². The molecule has 0 aliphatic carbocycles. The van der Waals surface area contributed by atoms with Crippen molar-refractivity contribution in [3.8, 4) is 0 Å². The molecule has 0 aromatic rings. The molecular formula is C16H30N2O. The lowest BCUT2D eigenvalue weighted by atomic mass is 9.84. The molecule has 2 heterocycles. The van der Waals surface area contributed by atoms with Crippen LogP contribution >= 0.6 is 0 Å². The summed E-state index contributed by atoms with van der Waals surface area (Å²) in [5, 5.41) is 3.53. The molecular weight excluding hydrogens is 236 g/mol. The largest absolute Gasteiger partial charge is 0.497 e. The molecule has 2 aliphatic rings. The summed E-state index contributed by atoms with van der Waals surface area (Å²) in [5.41, 5.74) is 0.165. The maximum atomic E-state index is 5.94. The fourth-order valence-electron chi connectivity index (χ4n) is 3.55. The van der Waals surface area contributed by atoms with Crippen LogP contribution in [0.1, 0.15) is 52.4 Å². The van der Waals surface area contributed by atoms with E-state index in [1.54, 1.807) is 0 Å². The van der Waals surface area contributed by atoms with E-state index >= 15 is 0 Å². The molecule has 2 atom stereocenters. The average Bonchev–Trinajstić information content (AvgIpc) is 2.49. The van der Waals surface area contributed by atoms with Crippen molar-refractivity contribution in [1.29, 1.82) is 0 Å². The van der Waals surface area contributed by atoms with Crippen LogP contribution in [0.25, 0.3) is 0 Å².